The molecule has 7 nitrogen and oxygen atoms in total. The van der Waals surface area contributed by atoms with Crippen molar-refractivity contribution in [1.29, 1.82) is 0 Å². The molecule has 0 aliphatic rings. The molecule has 0 unspecified atom stereocenters. The van der Waals surface area contributed by atoms with Crippen LogP contribution < -0.4 is 5.43 Å². The molecule has 0 atom stereocenters. The molecule has 21 heavy (non-hydrogen) atoms. The molecule has 0 aliphatic carbocycles. The second kappa shape index (κ2) is 5.37. The van der Waals surface area contributed by atoms with Gasteiger partial charge in [-0.05, 0) is 13.0 Å². The van der Waals surface area contributed by atoms with Crippen LogP contribution in [0.1, 0.15) is 16.1 Å². The van der Waals surface area contributed by atoms with Gasteiger partial charge in [-0.1, -0.05) is 35.0 Å². The first-order valence-corrected chi connectivity index (χ1v) is 6.42. The summed E-state index contributed by atoms with van der Waals surface area (Å²) in [4.78, 5) is 12.4. The molecule has 1 amide bonds. The number of aromatic nitrogens is 4. The van der Waals surface area contributed by atoms with Crippen LogP contribution in [0.2, 0.25) is 5.02 Å². The van der Waals surface area contributed by atoms with Crippen LogP contribution in [-0.4, -0.2) is 25.9 Å². The standard InChI is InChI=1S/C13H10ClN5O2/c1-8-11(13(20)17-19-6-15-16-7-19)12(18-21-8)9-4-2-3-5-10(9)14/h2-7H,1H3,(H,17,20). The molecule has 0 fully saturated rings. The van der Waals surface area contributed by atoms with E-state index >= 15 is 0 Å². The van der Waals surface area contributed by atoms with Gasteiger partial charge in [-0.25, -0.2) is 4.68 Å². The number of benzene rings is 1. The van der Waals surface area contributed by atoms with E-state index in [2.05, 4.69) is 20.8 Å². The average Bonchev–Trinajstić information content (AvgIpc) is 3.09. The van der Waals surface area contributed by atoms with Crippen LogP contribution in [0.5, 0.6) is 0 Å². The molecule has 1 aromatic carbocycles. The molecule has 3 rings (SSSR count). The van der Waals surface area contributed by atoms with Crippen molar-refractivity contribution in [2.45, 2.75) is 6.92 Å². The van der Waals surface area contributed by atoms with E-state index in [-0.39, 0.29) is 5.91 Å². The lowest BCUT2D eigenvalue weighted by molar-refractivity contribution is 0.101. The minimum Gasteiger partial charge on any atom is -0.360 e. The molecule has 0 spiro atoms. The van der Waals surface area contributed by atoms with Gasteiger partial charge in [-0.15, -0.1) is 10.2 Å². The maximum Gasteiger partial charge on any atom is 0.276 e. The summed E-state index contributed by atoms with van der Waals surface area (Å²) in [7, 11) is 0. The van der Waals surface area contributed by atoms with Crippen molar-refractivity contribution in [3.05, 3.63) is 53.3 Å². The molecule has 106 valence electrons. The molecule has 3 aromatic rings. The zero-order valence-electron chi connectivity index (χ0n) is 10.9. The number of rotatable bonds is 3. The lowest BCUT2D eigenvalue weighted by Crippen LogP contribution is -2.22. The van der Waals surface area contributed by atoms with Gasteiger partial charge in [-0.3, -0.25) is 10.2 Å². The maximum absolute atomic E-state index is 12.4. The Balaban J connectivity index is 2.01. The zero-order chi connectivity index (χ0) is 14.8. The number of amides is 1. The second-order valence-electron chi connectivity index (χ2n) is 4.25. The number of hydrogen-bond acceptors (Lipinski definition) is 5. The fourth-order valence-electron chi connectivity index (χ4n) is 1.91. The molecule has 0 saturated carbocycles. The maximum atomic E-state index is 12.4. The van der Waals surface area contributed by atoms with Crippen molar-refractivity contribution in [2.24, 2.45) is 0 Å². The van der Waals surface area contributed by atoms with Gasteiger partial charge in [0.25, 0.3) is 5.91 Å². The van der Waals surface area contributed by atoms with Gasteiger partial charge in [0.1, 0.15) is 29.7 Å². The number of nitrogens with one attached hydrogen (secondary N) is 1. The minimum atomic E-state index is -0.386. The zero-order valence-corrected chi connectivity index (χ0v) is 11.7. The molecule has 1 N–H and O–H groups in total. The normalized spacial score (nSPS) is 10.6. The summed E-state index contributed by atoms with van der Waals surface area (Å²) >= 11 is 6.15. The number of nitrogens with zero attached hydrogens (tertiary/aromatic N) is 4. The lowest BCUT2D eigenvalue weighted by Gasteiger charge is -2.06. The van der Waals surface area contributed by atoms with Crippen molar-refractivity contribution in [1.82, 2.24) is 20.0 Å². The number of hydrogen-bond donors (Lipinski definition) is 1. The third-order valence-corrected chi connectivity index (χ3v) is 3.20. The highest BCUT2D eigenvalue weighted by Crippen LogP contribution is 2.30. The first kappa shape index (κ1) is 13.3. The Hall–Kier alpha value is -2.67. The molecular formula is C13H10ClN5O2. The number of carbonyl (C=O) groups excluding carboxylic acids is 1. The van der Waals surface area contributed by atoms with Gasteiger partial charge in [-0.2, -0.15) is 0 Å². The molecule has 8 heteroatoms. The third kappa shape index (κ3) is 2.50. The van der Waals surface area contributed by atoms with Crippen LogP contribution in [-0.2, 0) is 0 Å². The second-order valence-corrected chi connectivity index (χ2v) is 4.66. The lowest BCUT2D eigenvalue weighted by atomic mass is 10.1. The highest BCUT2D eigenvalue weighted by molar-refractivity contribution is 6.33. The number of carbonyl (C=O) groups is 1. The van der Waals surface area contributed by atoms with Crippen LogP contribution >= 0.6 is 11.6 Å². The van der Waals surface area contributed by atoms with E-state index in [9.17, 15) is 4.79 Å². The highest BCUT2D eigenvalue weighted by atomic mass is 35.5. The monoisotopic (exact) mass is 303 g/mol. The summed E-state index contributed by atoms with van der Waals surface area (Å²) in [6.45, 7) is 1.66. The van der Waals surface area contributed by atoms with Gasteiger partial charge in [0, 0.05) is 5.56 Å². The Morgan fingerprint density at radius 2 is 2.00 bits per heavy atom. The topological polar surface area (TPSA) is 85.8 Å². The predicted molar refractivity (Wildman–Crippen MR) is 75.4 cm³/mol. The molecule has 2 aromatic heterocycles. The van der Waals surface area contributed by atoms with E-state index in [1.54, 1.807) is 25.1 Å². The summed E-state index contributed by atoms with van der Waals surface area (Å²) in [6, 6.07) is 7.11. The van der Waals surface area contributed by atoms with E-state index < -0.39 is 0 Å². The van der Waals surface area contributed by atoms with E-state index in [4.69, 9.17) is 16.1 Å². The molecule has 0 saturated heterocycles. The van der Waals surface area contributed by atoms with Crippen LogP contribution in [0.4, 0.5) is 0 Å². The highest BCUT2D eigenvalue weighted by Gasteiger charge is 2.23. The van der Waals surface area contributed by atoms with Crippen molar-refractivity contribution in [3.63, 3.8) is 0 Å². The van der Waals surface area contributed by atoms with E-state index in [1.807, 2.05) is 6.07 Å². The molecule has 2 heterocycles. The molecule has 0 bridgehead atoms. The summed E-state index contributed by atoms with van der Waals surface area (Å²) in [5.41, 5.74) is 3.94. The summed E-state index contributed by atoms with van der Waals surface area (Å²) in [5.74, 6) is 0.0129. The van der Waals surface area contributed by atoms with Crippen LogP contribution in [0.3, 0.4) is 0 Å². The first-order chi connectivity index (χ1) is 10.2. The van der Waals surface area contributed by atoms with Crippen molar-refractivity contribution in [2.75, 3.05) is 5.43 Å². The first-order valence-electron chi connectivity index (χ1n) is 6.04. The summed E-state index contributed by atoms with van der Waals surface area (Å²) < 4.78 is 6.47. The van der Waals surface area contributed by atoms with Crippen molar-refractivity contribution < 1.29 is 9.32 Å². The smallest absolute Gasteiger partial charge is 0.276 e. The number of halogens is 1. The largest absolute Gasteiger partial charge is 0.360 e. The number of aryl methyl sites for hydroxylation is 1. The Morgan fingerprint density at radius 3 is 2.71 bits per heavy atom. The van der Waals surface area contributed by atoms with Crippen LogP contribution in [0.15, 0.2) is 41.4 Å². The predicted octanol–water partition coefficient (Wildman–Crippen LogP) is 2.28. The van der Waals surface area contributed by atoms with Gasteiger partial charge >= 0.3 is 0 Å². The van der Waals surface area contributed by atoms with Crippen molar-refractivity contribution >= 4 is 17.5 Å². The van der Waals surface area contributed by atoms with E-state index in [0.29, 0.717) is 27.6 Å². The van der Waals surface area contributed by atoms with Crippen LogP contribution in [0.25, 0.3) is 11.3 Å². The van der Waals surface area contributed by atoms with Gasteiger partial charge in [0.2, 0.25) is 0 Å². The Bertz CT molecular complexity index is 782. The summed E-state index contributed by atoms with van der Waals surface area (Å²) in [6.07, 6.45) is 2.74. The quantitative estimate of drug-likeness (QED) is 0.802. The molecule has 0 aliphatic heterocycles. The molecular weight excluding hydrogens is 294 g/mol. The van der Waals surface area contributed by atoms with E-state index in [0.717, 1.165) is 0 Å². The third-order valence-electron chi connectivity index (χ3n) is 2.87. The van der Waals surface area contributed by atoms with Gasteiger partial charge < -0.3 is 4.52 Å². The Kier molecular flexibility index (Phi) is 3.41. The van der Waals surface area contributed by atoms with Crippen molar-refractivity contribution in [3.8, 4) is 11.3 Å². The average molecular weight is 304 g/mol. The fourth-order valence-corrected chi connectivity index (χ4v) is 2.13. The SMILES string of the molecule is Cc1onc(-c2ccccc2Cl)c1C(=O)Nn1cnnc1. The van der Waals surface area contributed by atoms with Gasteiger partial charge in [0.15, 0.2) is 0 Å². The van der Waals surface area contributed by atoms with E-state index in [1.165, 1.54) is 17.3 Å². The summed E-state index contributed by atoms with van der Waals surface area (Å²) in [5, 5.41) is 11.6. The minimum absolute atomic E-state index is 0.316. The van der Waals surface area contributed by atoms with Gasteiger partial charge in [0.05, 0.1) is 5.02 Å². The molecule has 0 radical (unpaired) electrons. The van der Waals surface area contributed by atoms with Crippen LogP contribution in [0, 0.1) is 6.92 Å². The Morgan fingerprint density at radius 1 is 1.29 bits per heavy atom. The fraction of sp³-hybridized carbons (Fsp3) is 0.0769. The Labute approximate surface area is 124 Å².